The van der Waals surface area contributed by atoms with Crippen LogP contribution >= 0.6 is 23.1 Å². The fraction of sp³-hybridized carbons (Fsp3) is 0.333. The number of hydrogen-bond acceptors (Lipinski definition) is 7. The second kappa shape index (κ2) is 5.96. The van der Waals surface area contributed by atoms with Crippen molar-refractivity contribution in [2.24, 2.45) is 5.73 Å². The summed E-state index contributed by atoms with van der Waals surface area (Å²) >= 11 is 2.95. The number of fused-ring (bicyclic) bond motifs is 1. The van der Waals surface area contributed by atoms with Gasteiger partial charge in [-0.05, 0) is 6.92 Å². The first-order chi connectivity index (χ1) is 10.2. The second-order valence-corrected chi connectivity index (χ2v) is 6.09. The highest BCUT2D eigenvalue weighted by molar-refractivity contribution is 7.98. The van der Waals surface area contributed by atoms with Crippen molar-refractivity contribution in [1.29, 1.82) is 0 Å². The molecule has 0 radical (unpaired) electrons. The number of aromatic nitrogens is 5. The zero-order valence-electron chi connectivity index (χ0n) is 11.4. The van der Waals surface area contributed by atoms with Crippen molar-refractivity contribution in [2.75, 3.05) is 0 Å². The van der Waals surface area contributed by atoms with E-state index in [-0.39, 0.29) is 5.56 Å². The van der Waals surface area contributed by atoms with E-state index in [2.05, 4.69) is 15.2 Å². The molecule has 0 saturated carbocycles. The molecule has 3 rings (SSSR count). The molecular weight excluding hydrogens is 308 g/mol. The first-order valence-corrected chi connectivity index (χ1v) is 8.30. The molecule has 3 aromatic rings. The van der Waals surface area contributed by atoms with Gasteiger partial charge in [-0.2, -0.15) is 0 Å². The molecule has 3 heterocycles. The quantitative estimate of drug-likeness (QED) is 0.708. The highest BCUT2D eigenvalue weighted by atomic mass is 32.2. The topological polar surface area (TPSA) is 91.1 Å². The van der Waals surface area contributed by atoms with E-state index in [0.717, 1.165) is 23.2 Å². The molecule has 0 aliphatic carbocycles. The molecule has 0 aliphatic rings. The van der Waals surface area contributed by atoms with E-state index in [4.69, 9.17) is 5.73 Å². The maximum absolute atomic E-state index is 11.9. The molecule has 110 valence electrons. The van der Waals surface area contributed by atoms with Crippen LogP contribution in [-0.4, -0.2) is 24.1 Å². The van der Waals surface area contributed by atoms with Crippen LogP contribution in [0, 0.1) is 0 Å². The lowest BCUT2D eigenvalue weighted by molar-refractivity contribution is 0.643. The van der Waals surface area contributed by atoms with Crippen molar-refractivity contribution in [2.45, 2.75) is 30.9 Å². The Bertz CT molecular complexity index is 821. The van der Waals surface area contributed by atoms with Crippen LogP contribution in [0.15, 0.2) is 27.6 Å². The van der Waals surface area contributed by atoms with Crippen molar-refractivity contribution in [1.82, 2.24) is 24.1 Å². The summed E-state index contributed by atoms with van der Waals surface area (Å²) in [6.45, 7) is 3.15. The minimum absolute atomic E-state index is 0.0588. The molecule has 0 amide bonds. The monoisotopic (exact) mass is 322 g/mol. The van der Waals surface area contributed by atoms with Crippen LogP contribution in [0.3, 0.4) is 0 Å². The lowest BCUT2D eigenvalue weighted by atomic mass is 10.4. The molecule has 0 aliphatic heterocycles. The Hall–Kier alpha value is -1.71. The van der Waals surface area contributed by atoms with Gasteiger partial charge in [-0.15, -0.1) is 21.5 Å². The summed E-state index contributed by atoms with van der Waals surface area (Å²) in [5.74, 6) is 1.34. The van der Waals surface area contributed by atoms with Crippen LogP contribution in [0.5, 0.6) is 0 Å². The minimum Gasteiger partial charge on any atom is -0.324 e. The van der Waals surface area contributed by atoms with Gasteiger partial charge in [0, 0.05) is 29.9 Å². The molecule has 2 N–H and O–H groups in total. The van der Waals surface area contributed by atoms with E-state index < -0.39 is 0 Å². The molecule has 0 unspecified atom stereocenters. The van der Waals surface area contributed by atoms with Crippen molar-refractivity contribution >= 4 is 28.1 Å². The molecule has 3 aromatic heterocycles. The van der Waals surface area contributed by atoms with E-state index in [1.807, 2.05) is 16.9 Å². The largest absolute Gasteiger partial charge is 0.324 e. The van der Waals surface area contributed by atoms with Gasteiger partial charge in [0.15, 0.2) is 10.1 Å². The minimum atomic E-state index is -0.0588. The van der Waals surface area contributed by atoms with Crippen molar-refractivity contribution in [3.05, 3.63) is 39.5 Å². The maximum Gasteiger partial charge on any atom is 0.258 e. The van der Waals surface area contributed by atoms with Crippen molar-refractivity contribution in [3.8, 4) is 0 Å². The third-order valence-electron chi connectivity index (χ3n) is 3.00. The van der Waals surface area contributed by atoms with E-state index in [9.17, 15) is 4.79 Å². The fourth-order valence-corrected chi connectivity index (χ4v) is 3.65. The molecule has 7 nitrogen and oxygen atoms in total. The number of thiazole rings is 1. The predicted octanol–water partition coefficient (Wildman–Crippen LogP) is 1.12. The SMILES string of the molecule is CCn1c(CN)nnc1SCc1cc(=O)n2ccsc2n1. The molecule has 0 fully saturated rings. The van der Waals surface area contributed by atoms with E-state index in [0.29, 0.717) is 17.3 Å². The van der Waals surface area contributed by atoms with Gasteiger partial charge in [-0.3, -0.25) is 9.20 Å². The van der Waals surface area contributed by atoms with Gasteiger partial charge < -0.3 is 10.3 Å². The standard InChI is InChI=1S/C12H14N6OS2/c1-2-17-9(6-13)15-16-12(17)21-7-8-5-10(19)18-3-4-20-11(18)14-8/h3-5H,2,6-7,13H2,1H3. The first-order valence-electron chi connectivity index (χ1n) is 6.43. The summed E-state index contributed by atoms with van der Waals surface area (Å²) in [6.07, 6.45) is 1.73. The Morgan fingerprint density at radius 2 is 2.29 bits per heavy atom. The lowest BCUT2D eigenvalue weighted by Gasteiger charge is -2.05. The van der Waals surface area contributed by atoms with Crippen LogP contribution < -0.4 is 11.3 Å². The Balaban J connectivity index is 1.83. The molecule has 21 heavy (non-hydrogen) atoms. The summed E-state index contributed by atoms with van der Waals surface area (Å²) in [4.78, 5) is 17.1. The van der Waals surface area contributed by atoms with Crippen LogP contribution in [0.1, 0.15) is 18.4 Å². The average Bonchev–Trinajstić information content (AvgIpc) is 3.10. The normalized spacial score (nSPS) is 11.3. The summed E-state index contributed by atoms with van der Waals surface area (Å²) in [6, 6.07) is 1.56. The molecule has 0 aromatic carbocycles. The number of thioether (sulfide) groups is 1. The molecule has 0 saturated heterocycles. The van der Waals surface area contributed by atoms with E-state index >= 15 is 0 Å². The molecule has 0 bridgehead atoms. The van der Waals surface area contributed by atoms with E-state index in [1.54, 1.807) is 16.7 Å². The summed E-state index contributed by atoms with van der Waals surface area (Å²) in [5.41, 5.74) is 6.31. The second-order valence-electron chi connectivity index (χ2n) is 4.28. The van der Waals surface area contributed by atoms with Crippen LogP contribution in [0.2, 0.25) is 0 Å². The molecule has 0 atom stereocenters. The maximum atomic E-state index is 11.9. The smallest absolute Gasteiger partial charge is 0.258 e. The lowest BCUT2D eigenvalue weighted by Crippen LogP contribution is -2.12. The van der Waals surface area contributed by atoms with Crippen LogP contribution in [0.25, 0.3) is 4.96 Å². The molecule has 9 heteroatoms. The highest BCUT2D eigenvalue weighted by Gasteiger charge is 2.11. The number of nitrogens with zero attached hydrogens (tertiary/aromatic N) is 5. The third kappa shape index (κ3) is 2.71. The molecular formula is C12H14N6OS2. The number of hydrogen-bond donors (Lipinski definition) is 1. The predicted molar refractivity (Wildman–Crippen MR) is 82.5 cm³/mol. The van der Waals surface area contributed by atoms with Crippen LogP contribution in [0.4, 0.5) is 0 Å². The number of rotatable bonds is 5. The van der Waals surface area contributed by atoms with Gasteiger partial charge in [0.25, 0.3) is 5.56 Å². The Morgan fingerprint density at radius 1 is 1.43 bits per heavy atom. The van der Waals surface area contributed by atoms with Gasteiger partial charge >= 0.3 is 0 Å². The summed E-state index contributed by atoms with van der Waals surface area (Å²) < 4.78 is 3.51. The van der Waals surface area contributed by atoms with Gasteiger partial charge in [-0.1, -0.05) is 11.8 Å². The van der Waals surface area contributed by atoms with Crippen molar-refractivity contribution < 1.29 is 0 Å². The Kier molecular flexibility index (Phi) is 4.04. The van der Waals surface area contributed by atoms with Crippen molar-refractivity contribution in [3.63, 3.8) is 0 Å². The van der Waals surface area contributed by atoms with Gasteiger partial charge in [-0.25, -0.2) is 4.98 Å². The van der Waals surface area contributed by atoms with E-state index in [1.165, 1.54) is 23.1 Å². The average molecular weight is 322 g/mol. The Labute approximate surface area is 128 Å². The Morgan fingerprint density at radius 3 is 3.05 bits per heavy atom. The zero-order valence-corrected chi connectivity index (χ0v) is 13.0. The van der Waals surface area contributed by atoms with Gasteiger partial charge in [0.2, 0.25) is 0 Å². The van der Waals surface area contributed by atoms with Gasteiger partial charge in [0.1, 0.15) is 5.82 Å². The fourth-order valence-electron chi connectivity index (χ4n) is 1.99. The van der Waals surface area contributed by atoms with Crippen LogP contribution in [-0.2, 0) is 18.8 Å². The molecule has 0 spiro atoms. The summed E-state index contributed by atoms with van der Waals surface area (Å²) in [5, 5.41) is 10.8. The van der Waals surface area contributed by atoms with Gasteiger partial charge in [0.05, 0.1) is 12.2 Å². The zero-order chi connectivity index (χ0) is 14.8. The highest BCUT2D eigenvalue weighted by Crippen LogP contribution is 2.21. The first kappa shape index (κ1) is 14.2. The third-order valence-corrected chi connectivity index (χ3v) is 4.75. The summed E-state index contributed by atoms with van der Waals surface area (Å²) in [7, 11) is 0. The number of nitrogens with two attached hydrogens (primary N) is 1.